The first-order valence-electron chi connectivity index (χ1n) is 5.92. The molecule has 0 aliphatic heterocycles. The lowest BCUT2D eigenvalue weighted by atomic mass is 9.99. The van der Waals surface area contributed by atoms with Gasteiger partial charge in [-0.1, -0.05) is 34.1 Å². The van der Waals surface area contributed by atoms with E-state index in [-0.39, 0.29) is 17.6 Å². The Kier molecular flexibility index (Phi) is 4.56. The lowest BCUT2D eigenvalue weighted by Gasteiger charge is -2.18. The van der Waals surface area contributed by atoms with Gasteiger partial charge in [0.1, 0.15) is 0 Å². The van der Waals surface area contributed by atoms with Crippen molar-refractivity contribution >= 4 is 15.9 Å². The maximum absolute atomic E-state index is 13.8. The monoisotopic (exact) mass is 323 g/mol. The molecule has 0 aliphatic rings. The van der Waals surface area contributed by atoms with Gasteiger partial charge in [0.25, 0.3) is 0 Å². The van der Waals surface area contributed by atoms with Crippen LogP contribution < -0.4 is 10.1 Å². The molecular weight excluding hydrogens is 309 g/mol. The quantitative estimate of drug-likeness (QED) is 0.921. The van der Waals surface area contributed by atoms with Crippen LogP contribution in [0.15, 0.2) is 46.9 Å². The van der Waals surface area contributed by atoms with Gasteiger partial charge in [-0.15, -0.1) is 0 Å². The first kappa shape index (κ1) is 14.0. The Labute approximate surface area is 120 Å². The van der Waals surface area contributed by atoms with Crippen LogP contribution in [-0.4, -0.2) is 14.2 Å². The Morgan fingerprint density at radius 2 is 1.74 bits per heavy atom. The van der Waals surface area contributed by atoms with Crippen LogP contribution in [0.3, 0.4) is 0 Å². The van der Waals surface area contributed by atoms with Gasteiger partial charge in [-0.05, 0) is 42.4 Å². The summed E-state index contributed by atoms with van der Waals surface area (Å²) in [6.45, 7) is 0. The average Bonchev–Trinajstić information content (AvgIpc) is 2.42. The summed E-state index contributed by atoms with van der Waals surface area (Å²) >= 11 is 3.41. The molecule has 4 heteroatoms. The van der Waals surface area contributed by atoms with Crippen molar-refractivity contribution in [1.29, 1.82) is 0 Å². The Hall–Kier alpha value is -1.39. The summed E-state index contributed by atoms with van der Waals surface area (Å²) in [6.07, 6.45) is 0. The van der Waals surface area contributed by atoms with Crippen molar-refractivity contribution in [3.05, 3.63) is 63.9 Å². The van der Waals surface area contributed by atoms with Gasteiger partial charge >= 0.3 is 0 Å². The van der Waals surface area contributed by atoms with Crippen LogP contribution in [0.4, 0.5) is 4.39 Å². The van der Waals surface area contributed by atoms with Crippen molar-refractivity contribution in [2.45, 2.75) is 6.04 Å². The van der Waals surface area contributed by atoms with E-state index in [9.17, 15) is 4.39 Å². The number of benzene rings is 2. The summed E-state index contributed by atoms with van der Waals surface area (Å²) < 4.78 is 19.7. The zero-order valence-electron chi connectivity index (χ0n) is 10.8. The predicted octanol–water partition coefficient (Wildman–Crippen LogP) is 3.91. The van der Waals surface area contributed by atoms with Gasteiger partial charge in [0, 0.05) is 4.47 Å². The molecule has 0 amide bonds. The maximum atomic E-state index is 13.8. The summed E-state index contributed by atoms with van der Waals surface area (Å²) in [5.74, 6) is -0.0910. The Balaban J connectivity index is 2.36. The second-order valence-electron chi connectivity index (χ2n) is 4.17. The Morgan fingerprint density at radius 1 is 1.11 bits per heavy atom. The third-order valence-electron chi connectivity index (χ3n) is 3.00. The highest BCUT2D eigenvalue weighted by molar-refractivity contribution is 9.10. The Bertz CT molecular complexity index is 557. The lowest BCUT2D eigenvalue weighted by Crippen LogP contribution is -2.17. The molecule has 19 heavy (non-hydrogen) atoms. The minimum atomic E-state index is -0.350. The van der Waals surface area contributed by atoms with Crippen LogP contribution in [0.2, 0.25) is 0 Å². The number of ether oxygens (including phenoxy) is 1. The molecule has 2 aromatic rings. The molecule has 0 radical (unpaired) electrons. The van der Waals surface area contributed by atoms with Gasteiger partial charge < -0.3 is 10.1 Å². The van der Waals surface area contributed by atoms with E-state index in [0.29, 0.717) is 0 Å². The first-order valence-corrected chi connectivity index (χ1v) is 6.71. The zero-order valence-corrected chi connectivity index (χ0v) is 12.4. The molecule has 0 spiro atoms. The van der Waals surface area contributed by atoms with E-state index in [1.807, 2.05) is 37.4 Å². The van der Waals surface area contributed by atoms with Crippen LogP contribution in [0.1, 0.15) is 17.2 Å². The minimum absolute atomic E-state index is 0.0477. The summed E-state index contributed by atoms with van der Waals surface area (Å²) in [5.41, 5.74) is 1.94. The number of nitrogens with one attached hydrogen (secondary N) is 1. The smallest absolute Gasteiger partial charge is 0.165 e. The number of hydrogen-bond acceptors (Lipinski definition) is 2. The average molecular weight is 324 g/mol. The van der Waals surface area contributed by atoms with Gasteiger partial charge in [-0.3, -0.25) is 0 Å². The van der Waals surface area contributed by atoms with Crippen LogP contribution in [-0.2, 0) is 0 Å². The van der Waals surface area contributed by atoms with E-state index in [4.69, 9.17) is 4.74 Å². The number of rotatable bonds is 4. The molecule has 0 heterocycles. The summed E-state index contributed by atoms with van der Waals surface area (Å²) in [5, 5.41) is 3.20. The van der Waals surface area contributed by atoms with Gasteiger partial charge in [0.2, 0.25) is 0 Å². The molecule has 0 aliphatic carbocycles. The third-order valence-corrected chi connectivity index (χ3v) is 3.53. The molecule has 1 unspecified atom stereocenters. The van der Waals surface area contributed by atoms with Crippen LogP contribution in [0, 0.1) is 5.82 Å². The molecule has 2 nitrogen and oxygen atoms in total. The van der Waals surface area contributed by atoms with Crippen molar-refractivity contribution in [3.8, 4) is 5.75 Å². The minimum Gasteiger partial charge on any atom is -0.494 e. The van der Waals surface area contributed by atoms with Crippen molar-refractivity contribution in [2.24, 2.45) is 0 Å². The van der Waals surface area contributed by atoms with Crippen molar-refractivity contribution in [1.82, 2.24) is 5.32 Å². The summed E-state index contributed by atoms with van der Waals surface area (Å²) in [4.78, 5) is 0. The summed E-state index contributed by atoms with van der Waals surface area (Å²) in [6, 6.07) is 12.9. The van der Waals surface area contributed by atoms with E-state index < -0.39 is 0 Å². The molecule has 100 valence electrons. The van der Waals surface area contributed by atoms with E-state index in [0.717, 1.165) is 15.6 Å². The molecule has 2 aromatic carbocycles. The fourth-order valence-corrected chi connectivity index (χ4v) is 2.31. The number of methoxy groups -OCH3 is 1. The number of halogens is 2. The molecular formula is C15H15BrFNO. The molecule has 0 aromatic heterocycles. The highest BCUT2D eigenvalue weighted by atomic mass is 79.9. The van der Waals surface area contributed by atoms with Crippen LogP contribution in [0.25, 0.3) is 0 Å². The van der Waals surface area contributed by atoms with Crippen LogP contribution >= 0.6 is 15.9 Å². The largest absolute Gasteiger partial charge is 0.494 e. The molecule has 0 saturated carbocycles. The van der Waals surface area contributed by atoms with E-state index >= 15 is 0 Å². The molecule has 2 rings (SSSR count). The van der Waals surface area contributed by atoms with Crippen LogP contribution in [0.5, 0.6) is 5.75 Å². The van der Waals surface area contributed by atoms with Crippen molar-refractivity contribution in [3.63, 3.8) is 0 Å². The van der Waals surface area contributed by atoms with Gasteiger partial charge in [0.15, 0.2) is 11.6 Å². The predicted molar refractivity (Wildman–Crippen MR) is 78.0 cm³/mol. The van der Waals surface area contributed by atoms with Gasteiger partial charge in [-0.25, -0.2) is 4.39 Å². The molecule has 0 bridgehead atoms. The van der Waals surface area contributed by atoms with Crippen molar-refractivity contribution < 1.29 is 9.13 Å². The van der Waals surface area contributed by atoms with Gasteiger partial charge in [0.05, 0.1) is 13.2 Å². The fraction of sp³-hybridized carbons (Fsp3) is 0.200. The standard InChI is InChI=1S/C15H15BrFNO/c1-18-15(10-3-6-12(16)7-4-10)11-5-8-14(19-2)13(17)9-11/h3-9,15,18H,1-2H3. The van der Waals surface area contributed by atoms with E-state index in [1.54, 1.807) is 6.07 Å². The SMILES string of the molecule is CNC(c1ccc(Br)cc1)c1ccc(OC)c(F)c1. The van der Waals surface area contributed by atoms with E-state index in [1.165, 1.54) is 13.2 Å². The fourth-order valence-electron chi connectivity index (χ4n) is 2.04. The molecule has 1 N–H and O–H groups in total. The molecule has 1 atom stereocenters. The topological polar surface area (TPSA) is 21.3 Å². The second kappa shape index (κ2) is 6.17. The lowest BCUT2D eigenvalue weighted by molar-refractivity contribution is 0.386. The normalized spacial score (nSPS) is 12.2. The first-order chi connectivity index (χ1) is 9.15. The Morgan fingerprint density at radius 3 is 2.26 bits per heavy atom. The van der Waals surface area contributed by atoms with Gasteiger partial charge in [-0.2, -0.15) is 0 Å². The maximum Gasteiger partial charge on any atom is 0.165 e. The third kappa shape index (κ3) is 3.14. The summed E-state index contributed by atoms with van der Waals surface area (Å²) in [7, 11) is 3.32. The van der Waals surface area contributed by atoms with E-state index in [2.05, 4.69) is 21.2 Å². The number of hydrogen-bond donors (Lipinski definition) is 1. The molecule has 0 fully saturated rings. The zero-order chi connectivity index (χ0) is 13.8. The highest BCUT2D eigenvalue weighted by Gasteiger charge is 2.14. The second-order valence-corrected chi connectivity index (χ2v) is 5.08. The van der Waals surface area contributed by atoms with Crippen molar-refractivity contribution in [2.75, 3.05) is 14.2 Å². The highest BCUT2D eigenvalue weighted by Crippen LogP contribution is 2.27. The molecule has 0 saturated heterocycles.